The molecule has 8 heteroatoms. The second kappa shape index (κ2) is 13.5. The Labute approximate surface area is 251 Å². The summed E-state index contributed by atoms with van der Waals surface area (Å²) in [7, 11) is 0. The van der Waals surface area contributed by atoms with Crippen molar-refractivity contribution < 1.29 is 29.0 Å². The van der Waals surface area contributed by atoms with Gasteiger partial charge in [0.15, 0.2) is 11.6 Å². The molecule has 0 bridgehead atoms. The zero-order valence-corrected chi connectivity index (χ0v) is 24.5. The molecule has 3 aromatic rings. The first-order valence-corrected chi connectivity index (χ1v) is 15.1. The van der Waals surface area contributed by atoms with Gasteiger partial charge in [-0.1, -0.05) is 42.8 Å². The lowest BCUT2D eigenvalue weighted by Gasteiger charge is -2.43. The third kappa shape index (κ3) is 6.96. The lowest BCUT2D eigenvalue weighted by molar-refractivity contribution is -0.133. The lowest BCUT2D eigenvalue weighted by Crippen LogP contribution is -2.52. The number of carbonyl (C=O) groups excluding carboxylic acids is 3. The van der Waals surface area contributed by atoms with Gasteiger partial charge in [-0.2, -0.15) is 0 Å². The molecule has 0 radical (unpaired) electrons. The zero-order valence-electron chi connectivity index (χ0n) is 24.5. The van der Waals surface area contributed by atoms with E-state index in [1.807, 2.05) is 0 Å². The number of hydrogen-bond donors (Lipinski definition) is 2. The number of hydrogen-bond acceptors (Lipinski definition) is 6. The van der Waals surface area contributed by atoms with Crippen LogP contribution in [-0.2, 0) is 4.79 Å². The monoisotopic (exact) mass is 586 g/mol. The molecule has 2 heterocycles. The summed E-state index contributed by atoms with van der Waals surface area (Å²) in [5.74, 6) is -3.85. The number of nitrogens with zero attached hydrogens (tertiary/aromatic N) is 2. The van der Waals surface area contributed by atoms with Crippen LogP contribution in [0.15, 0.2) is 66.7 Å². The van der Waals surface area contributed by atoms with Gasteiger partial charge in [-0.3, -0.25) is 14.4 Å². The Kier molecular flexibility index (Phi) is 9.56. The van der Waals surface area contributed by atoms with E-state index >= 15 is 0 Å². The summed E-state index contributed by atoms with van der Waals surface area (Å²) in [6.45, 7) is 4.67. The second-order valence-corrected chi connectivity index (χ2v) is 11.8. The molecular formula is C35H39FN2O5. The quantitative estimate of drug-likeness (QED) is 0.311. The van der Waals surface area contributed by atoms with E-state index in [-0.39, 0.29) is 53.2 Å². The molecular weight excluding hydrogens is 547 g/mol. The Bertz CT molecular complexity index is 1420. The molecule has 0 aliphatic carbocycles. The predicted octanol–water partition coefficient (Wildman–Crippen LogP) is 5.74. The topological polar surface area (TPSA) is 98.2 Å². The van der Waals surface area contributed by atoms with Crippen molar-refractivity contribution in [1.29, 1.82) is 0 Å². The van der Waals surface area contributed by atoms with Crippen molar-refractivity contribution in [3.63, 3.8) is 0 Å². The zero-order chi connectivity index (χ0) is 30.5. The van der Waals surface area contributed by atoms with Crippen LogP contribution in [0.5, 0.6) is 11.5 Å². The van der Waals surface area contributed by atoms with E-state index in [1.54, 1.807) is 48.2 Å². The van der Waals surface area contributed by atoms with Gasteiger partial charge in [0.1, 0.15) is 17.3 Å². The third-order valence-corrected chi connectivity index (χ3v) is 8.97. The largest absolute Gasteiger partial charge is 0.508 e. The fourth-order valence-electron chi connectivity index (χ4n) is 6.71. The van der Waals surface area contributed by atoms with Gasteiger partial charge in [0.05, 0.1) is 0 Å². The molecule has 5 rings (SSSR count). The second-order valence-electron chi connectivity index (χ2n) is 11.8. The van der Waals surface area contributed by atoms with E-state index in [4.69, 9.17) is 0 Å². The van der Waals surface area contributed by atoms with Crippen molar-refractivity contribution in [3.05, 3.63) is 94.8 Å². The number of phenolic OH excluding ortho intramolecular Hbond substituents is 2. The van der Waals surface area contributed by atoms with Crippen LogP contribution >= 0.6 is 0 Å². The van der Waals surface area contributed by atoms with E-state index in [0.717, 1.165) is 19.6 Å². The lowest BCUT2D eigenvalue weighted by atomic mass is 9.67. The van der Waals surface area contributed by atoms with Crippen LogP contribution in [-0.4, -0.2) is 70.2 Å². The fraction of sp³-hybridized carbons (Fsp3) is 0.400. The number of carbonyl (C=O) groups is 3. The van der Waals surface area contributed by atoms with Crippen LogP contribution in [0.3, 0.4) is 0 Å². The highest BCUT2D eigenvalue weighted by Crippen LogP contribution is 2.43. The van der Waals surface area contributed by atoms with Crippen LogP contribution in [0.25, 0.3) is 0 Å². The van der Waals surface area contributed by atoms with Gasteiger partial charge in [0.2, 0.25) is 5.91 Å². The minimum absolute atomic E-state index is 0.0709. The highest BCUT2D eigenvalue weighted by molar-refractivity contribution is 6.03. The van der Waals surface area contributed by atoms with Crippen molar-refractivity contribution in [3.8, 4) is 11.5 Å². The number of phenols is 2. The maximum Gasteiger partial charge on any atom is 0.222 e. The van der Waals surface area contributed by atoms with Gasteiger partial charge in [0.25, 0.3) is 0 Å². The highest BCUT2D eigenvalue weighted by atomic mass is 19.1. The number of piperidine rings is 2. The number of aromatic hydroxyl groups is 2. The van der Waals surface area contributed by atoms with Crippen molar-refractivity contribution in [2.45, 2.75) is 44.9 Å². The first-order valence-electron chi connectivity index (χ1n) is 15.1. The van der Waals surface area contributed by atoms with E-state index < -0.39 is 23.6 Å². The summed E-state index contributed by atoms with van der Waals surface area (Å²) < 4.78 is 14.9. The summed E-state index contributed by atoms with van der Waals surface area (Å²) in [5.41, 5.74) is 1.39. The molecule has 226 valence electrons. The molecule has 2 unspecified atom stereocenters. The molecule has 1 amide bonds. The smallest absolute Gasteiger partial charge is 0.222 e. The van der Waals surface area contributed by atoms with Crippen LogP contribution in [0, 0.1) is 24.6 Å². The molecule has 2 saturated heterocycles. The standard InChI is InChI=1S/C35H39FN2O5/c1-23-28(13-7-14-31(23)36)33-29(34(42)24-9-5-11-26(39)19-24)21-38(32(41)15-8-18-37-16-3-2-4-17-37)22-30(33)35(43)25-10-6-12-27(40)20-25/h5-7,9-14,19-20,29-30,33,39-40H,2-4,8,15-18,21-22H2,1H3. The van der Waals surface area contributed by atoms with Gasteiger partial charge in [0, 0.05) is 48.4 Å². The maximum atomic E-state index is 14.9. The van der Waals surface area contributed by atoms with Gasteiger partial charge >= 0.3 is 0 Å². The third-order valence-electron chi connectivity index (χ3n) is 8.97. The SMILES string of the molecule is Cc1c(F)cccc1C1C(C(=O)c2cccc(O)c2)CN(C(=O)CCCN2CCCCC2)CC1C(=O)c1cccc(O)c1. The summed E-state index contributed by atoms with van der Waals surface area (Å²) in [5, 5.41) is 20.3. The van der Waals surface area contributed by atoms with Crippen LogP contribution < -0.4 is 0 Å². The number of halogens is 1. The molecule has 0 spiro atoms. The molecule has 2 N–H and O–H groups in total. The van der Waals surface area contributed by atoms with Crippen molar-refractivity contribution in [2.75, 3.05) is 32.7 Å². The average Bonchev–Trinajstić information content (AvgIpc) is 3.01. The summed E-state index contributed by atoms with van der Waals surface area (Å²) in [6, 6.07) is 16.7. The Morgan fingerprint density at radius 1 is 0.814 bits per heavy atom. The first-order chi connectivity index (χ1) is 20.7. The number of amides is 1. The average molecular weight is 587 g/mol. The van der Waals surface area contributed by atoms with E-state index in [2.05, 4.69) is 4.90 Å². The summed E-state index contributed by atoms with van der Waals surface area (Å²) in [6.07, 6.45) is 4.54. The Morgan fingerprint density at radius 2 is 1.37 bits per heavy atom. The Balaban J connectivity index is 1.52. The van der Waals surface area contributed by atoms with E-state index in [9.17, 15) is 29.0 Å². The molecule has 2 fully saturated rings. The molecule has 2 aliphatic rings. The fourth-order valence-corrected chi connectivity index (χ4v) is 6.71. The van der Waals surface area contributed by atoms with Crippen molar-refractivity contribution in [1.82, 2.24) is 9.80 Å². The first kappa shape index (κ1) is 30.4. The number of benzene rings is 3. The van der Waals surface area contributed by atoms with E-state index in [0.29, 0.717) is 24.0 Å². The number of ketones is 2. The van der Waals surface area contributed by atoms with Crippen LogP contribution in [0.1, 0.15) is 69.9 Å². The minimum atomic E-state index is -0.867. The molecule has 2 atom stereocenters. The molecule has 0 saturated carbocycles. The number of likely N-dealkylation sites (tertiary alicyclic amines) is 2. The van der Waals surface area contributed by atoms with Gasteiger partial charge < -0.3 is 20.0 Å². The molecule has 3 aromatic carbocycles. The Morgan fingerprint density at radius 3 is 1.93 bits per heavy atom. The number of Topliss-reactive ketones (excluding diaryl/α,β-unsaturated/α-hetero) is 2. The molecule has 7 nitrogen and oxygen atoms in total. The molecule has 2 aliphatic heterocycles. The predicted molar refractivity (Wildman–Crippen MR) is 162 cm³/mol. The van der Waals surface area contributed by atoms with E-state index in [1.165, 1.54) is 49.6 Å². The summed E-state index contributed by atoms with van der Waals surface area (Å²) >= 11 is 0. The maximum absolute atomic E-state index is 14.9. The van der Waals surface area contributed by atoms with Gasteiger partial charge in [-0.15, -0.1) is 0 Å². The van der Waals surface area contributed by atoms with Gasteiger partial charge in [-0.05, 0) is 87.3 Å². The van der Waals surface area contributed by atoms with Crippen molar-refractivity contribution >= 4 is 17.5 Å². The minimum Gasteiger partial charge on any atom is -0.508 e. The normalized spacial score (nSPS) is 21.0. The molecule has 43 heavy (non-hydrogen) atoms. The molecule has 0 aromatic heterocycles. The number of rotatable bonds is 9. The van der Waals surface area contributed by atoms with Crippen LogP contribution in [0.2, 0.25) is 0 Å². The van der Waals surface area contributed by atoms with Gasteiger partial charge in [-0.25, -0.2) is 4.39 Å². The highest BCUT2D eigenvalue weighted by Gasteiger charge is 2.46. The van der Waals surface area contributed by atoms with Crippen LogP contribution in [0.4, 0.5) is 4.39 Å². The summed E-state index contributed by atoms with van der Waals surface area (Å²) in [4.78, 5) is 46.0. The Hall–Kier alpha value is -4.04. The van der Waals surface area contributed by atoms with Crippen molar-refractivity contribution in [2.24, 2.45) is 11.8 Å².